The van der Waals surface area contributed by atoms with E-state index in [1.807, 2.05) is 30.0 Å². The summed E-state index contributed by atoms with van der Waals surface area (Å²) in [5, 5.41) is 3.91. The lowest BCUT2D eigenvalue weighted by Gasteiger charge is -2.38. The minimum atomic E-state index is -0.339. The molecule has 2 aromatic rings. The largest absolute Gasteiger partial charge is 0.341 e. The molecule has 1 saturated carbocycles. The van der Waals surface area contributed by atoms with Gasteiger partial charge in [0.15, 0.2) is 5.82 Å². The van der Waals surface area contributed by atoms with E-state index >= 15 is 0 Å². The first kappa shape index (κ1) is 16.3. The van der Waals surface area contributed by atoms with E-state index in [9.17, 15) is 4.79 Å². The molecule has 1 aliphatic heterocycles. The van der Waals surface area contributed by atoms with Gasteiger partial charge in [0.2, 0.25) is 11.8 Å². The molecule has 1 aromatic carbocycles. The fourth-order valence-corrected chi connectivity index (χ4v) is 4.51. The minimum Gasteiger partial charge on any atom is -0.341 e. The second-order valence-corrected chi connectivity index (χ2v) is 7.43. The van der Waals surface area contributed by atoms with E-state index in [1.165, 1.54) is 5.56 Å². The molecule has 0 spiro atoms. The summed E-state index contributed by atoms with van der Waals surface area (Å²) in [6.07, 6.45) is 6.15. The summed E-state index contributed by atoms with van der Waals surface area (Å²) < 4.78 is 5.37. The second kappa shape index (κ2) is 6.62. The first-order chi connectivity index (χ1) is 12.2. The highest BCUT2D eigenvalue weighted by molar-refractivity contribution is 5.88. The van der Waals surface area contributed by atoms with Gasteiger partial charge in [-0.2, -0.15) is 4.98 Å². The Morgan fingerprint density at radius 2 is 1.96 bits per heavy atom. The number of piperidine rings is 1. The quantitative estimate of drug-likeness (QED) is 0.857. The van der Waals surface area contributed by atoms with Gasteiger partial charge in [-0.15, -0.1) is 0 Å². The van der Waals surface area contributed by atoms with Gasteiger partial charge < -0.3 is 9.42 Å². The van der Waals surface area contributed by atoms with Crippen LogP contribution in [0.3, 0.4) is 0 Å². The summed E-state index contributed by atoms with van der Waals surface area (Å²) in [6, 6.07) is 10.3. The van der Waals surface area contributed by atoms with Crippen LogP contribution in [0.5, 0.6) is 0 Å². The molecule has 1 atom stereocenters. The molecule has 132 valence electrons. The van der Waals surface area contributed by atoms with Gasteiger partial charge in [0.1, 0.15) is 0 Å². The van der Waals surface area contributed by atoms with Gasteiger partial charge in [-0.3, -0.25) is 4.79 Å². The van der Waals surface area contributed by atoms with Crippen LogP contribution in [0.1, 0.15) is 61.7 Å². The molecule has 1 saturated heterocycles. The zero-order valence-electron chi connectivity index (χ0n) is 14.8. The predicted octanol–water partition coefficient (Wildman–Crippen LogP) is 3.60. The molecule has 4 rings (SSSR count). The Bertz CT molecular complexity index is 734. The first-order valence-electron chi connectivity index (χ1n) is 9.34. The number of carbonyl (C=O) groups is 1. The third-order valence-electron chi connectivity index (χ3n) is 5.79. The molecule has 2 aliphatic rings. The van der Waals surface area contributed by atoms with Crippen molar-refractivity contribution in [3.8, 4) is 0 Å². The summed E-state index contributed by atoms with van der Waals surface area (Å²) in [5.41, 5.74) is 0.835. The summed E-state index contributed by atoms with van der Waals surface area (Å²) >= 11 is 0. The van der Waals surface area contributed by atoms with Gasteiger partial charge in [0.25, 0.3) is 0 Å². The molecular weight excluding hydrogens is 314 g/mol. The van der Waals surface area contributed by atoms with Crippen LogP contribution >= 0.6 is 0 Å². The van der Waals surface area contributed by atoms with Gasteiger partial charge in [0.05, 0.1) is 11.3 Å². The Balaban J connectivity index is 1.58. The maximum atomic E-state index is 13.6. The van der Waals surface area contributed by atoms with E-state index < -0.39 is 0 Å². The maximum absolute atomic E-state index is 13.6. The summed E-state index contributed by atoms with van der Waals surface area (Å²) in [4.78, 5) is 20.0. The highest BCUT2D eigenvalue weighted by Gasteiger charge is 2.45. The Kier molecular flexibility index (Phi) is 4.32. The number of aromatic nitrogens is 2. The Hall–Kier alpha value is -2.17. The number of benzene rings is 1. The molecule has 5 heteroatoms. The van der Waals surface area contributed by atoms with Gasteiger partial charge in [-0.1, -0.05) is 48.3 Å². The van der Waals surface area contributed by atoms with Crippen LogP contribution in [0.4, 0.5) is 0 Å². The van der Waals surface area contributed by atoms with E-state index in [-0.39, 0.29) is 17.2 Å². The van der Waals surface area contributed by atoms with Crippen molar-refractivity contribution in [2.75, 3.05) is 13.1 Å². The van der Waals surface area contributed by atoms with Gasteiger partial charge in [-0.05, 0) is 38.2 Å². The molecule has 1 aromatic heterocycles. The van der Waals surface area contributed by atoms with Crippen LogP contribution < -0.4 is 0 Å². The van der Waals surface area contributed by atoms with E-state index in [0.29, 0.717) is 18.3 Å². The molecule has 0 N–H and O–H groups in total. The third kappa shape index (κ3) is 2.96. The number of nitrogens with zero attached hydrogens (tertiary/aromatic N) is 3. The number of hydrogen-bond acceptors (Lipinski definition) is 4. The van der Waals surface area contributed by atoms with Crippen molar-refractivity contribution in [3.05, 3.63) is 47.6 Å². The van der Waals surface area contributed by atoms with Crippen molar-refractivity contribution < 1.29 is 9.32 Å². The molecule has 2 fully saturated rings. The SMILES string of the molecule is Cc1noc(C2CCCN(C(=O)C3(c4ccccc4)CCCC3)C2)n1. The third-order valence-corrected chi connectivity index (χ3v) is 5.79. The van der Waals surface area contributed by atoms with Crippen LogP contribution in [0.2, 0.25) is 0 Å². The summed E-state index contributed by atoms with van der Waals surface area (Å²) in [5.74, 6) is 1.79. The monoisotopic (exact) mass is 339 g/mol. The number of aryl methyl sites for hydroxylation is 1. The van der Waals surface area contributed by atoms with Crippen molar-refractivity contribution in [1.29, 1.82) is 0 Å². The molecule has 1 amide bonds. The van der Waals surface area contributed by atoms with Crippen LogP contribution in [-0.2, 0) is 10.2 Å². The van der Waals surface area contributed by atoms with Crippen LogP contribution in [-0.4, -0.2) is 34.0 Å². The lowest BCUT2D eigenvalue weighted by atomic mass is 9.77. The fraction of sp³-hybridized carbons (Fsp3) is 0.550. The van der Waals surface area contributed by atoms with E-state index in [2.05, 4.69) is 22.3 Å². The van der Waals surface area contributed by atoms with Gasteiger partial charge >= 0.3 is 0 Å². The van der Waals surface area contributed by atoms with Crippen molar-refractivity contribution in [2.45, 2.75) is 56.8 Å². The van der Waals surface area contributed by atoms with Gasteiger partial charge in [0, 0.05) is 13.1 Å². The van der Waals surface area contributed by atoms with Gasteiger partial charge in [-0.25, -0.2) is 0 Å². The molecule has 25 heavy (non-hydrogen) atoms. The van der Waals surface area contributed by atoms with Crippen LogP contribution in [0.15, 0.2) is 34.9 Å². The van der Waals surface area contributed by atoms with E-state index in [0.717, 1.165) is 45.1 Å². The summed E-state index contributed by atoms with van der Waals surface area (Å²) in [7, 11) is 0. The average Bonchev–Trinajstić information content (AvgIpc) is 3.32. The van der Waals surface area contributed by atoms with E-state index in [1.54, 1.807) is 0 Å². The lowest BCUT2D eigenvalue weighted by molar-refractivity contribution is -0.138. The summed E-state index contributed by atoms with van der Waals surface area (Å²) in [6.45, 7) is 3.35. The number of hydrogen-bond donors (Lipinski definition) is 0. The predicted molar refractivity (Wildman–Crippen MR) is 94.2 cm³/mol. The number of likely N-dealkylation sites (tertiary alicyclic amines) is 1. The van der Waals surface area contributed by atoms with Crippen molar-refractivity contribution in [2.24, 2.45) is 0 Å². The van der Waals surface area contributed by atoms with Crippen LogP contribution in [0, 0.1) is 6.92 Å². The Labute approximate surface area is 148 Å². The van der Waals surface area contributed by atoms with Crippen molar-refractivity contribution >= 4 is 5.91 Å². The topological polar surface area (TPSA) is 59.2 Å². The second-order valence-electron chi connectivity index (χ2n) is 7.43. The van der Waals surface area contributed by atoms with Crippen molar-refractivity contribution in [1.82, 2.24) is 15.0 Å². The molecule has 0 radical (unpaired) electrons. The Morgan fingerprint density at radius 3 is 2.64 bits per heavy atom. The molecule has 0 bridgehead atoms. The highest BCUT2D eigenvalue weighted by atomic mass is 16.5. The molecular formula is C20H25N3O2. The zero-order chi connectivity index (χ0) is 17.3. The average molecular weight is 339 g/mol. The molecule has 1 aliphatic carbocycles. The van der Waals surface area contributed by atoms with Crippen LogP contribution in [0.25, 0.3) is 0 Å². The zero-order valence-corrected chi connectivity index (χ0v) is 14.8. The lowest BCUT2D eigenvalue weighted by Crippen LogP contribution is -2.49. The Morgan fingerprint density at radius 1 is 1.20 bits per heavy atom. The highest BCUT2D eigenvalue weighted by Crippen LogP contribution is 2.43. The minimum absolute atomic E-state index is 0.160. The van der Waals surface area contributed by atoms with E-state index in [4.69, 9.17) is 4.52 Å². The molecule has 2 heterocycles. The standard InChI is InChI=1S/C20H25N3O2/c1-15-21-18(25-22-15)16-8-7-13-23(14-16)19(24)20(11-5-6-12-20)17-9-3-2-4-10-17/h2-4,9-10,16H,5-8,11-14H2,1H3. The molecule has 5 nitrogen and oxygen atoms in total. The molecule has 1 unspecified atom stereocenters. The first-order valence-corrected chi connectivity index (χ1v) is 9.34. The number of rotatable bonds is 3. The smallest absolute Gasteiger partial charge is 0.233 e. The number of carbonyl (C=O) groups excluding carboxylic acids is 1. The maximum Gasteiger partial charge on any atom is 0.233 e. The number of amides is 1. The normalized spacial score (nSPS) is 22.9. The van der Waals surface area contributed by atoms with Crippen molar-refractivity contribution in [3.63, 3.8) is 0 Å². The fourth-order valence-electron chi connectivity index (χ4n) is 4.51.